The number of halogens is 1. The summed E-state index contributed by atoms with van der Waals surface area (Å²) in [4.78, 5) is 5.07. The summed E-state index contributed by atoms with van der Waals surface area (Å²) < 4.78 is 1.24. The molecule has 1 atom stereocenters. The third kappa shape index (κ3) is 4.47. The molecule has 0 aromatic heterocycles. The van der Waals surface area contributed by atoms with Crippen molar-refractivity contribution in [3.05, 3.63) is 136 Å². The molecule has 0 spiro atoms. The summed E-state index contributed by atoms with van der Waals surface area (Å²) in [5.74, 6) is 0.891. The number of hydrogen-bond donors (Lipinski definition) is 1. The van der Waals surface area contributed by atoms with Crippen molar-refractivity contribution >= 4 is 34.1 Å². The fourth-order valence-corrected chi connectivity index (χ4v) is 4.14. The van der Waals surface area contributed by atoms with E-state index >= 15 is 0 Å². The molecule has 1 heterocycles. The second-order valence-corrected chi connectivity index (χ2v) is 8.74. The topological polar surface area (TPSA) is 24.4 Å². The lowest BCUT2D eigenvalue weighted by Crippen LogP contribution is -2.27. The monoisotopic (exact) mass is 512 g/mol. The average Bonchev–Trinajstić information content (AvgIpc) is 2.85. The first-order chi connectivity index (χ1) is 15.3. The highest BCUT2D eigenvalue weighted by Gasteiger charge is 2.19. The second-order valence-electron chi connectivity index (χ2n) is 7.49. The zero-order chi connectivity index (χ0) is 21.0. The molecule has 1 aliphatic heterocycles. The third-order valence-electron chi connectivity index (χ3n) is 5.39. The molecule has 5 rings (SSSR count). The number of nitrogens with zero attached hydrogens (tertiary/aromatic N) is 1. The average molecular weight is 512 g/mol. The molecule has 0 radical (unpaired) electrons. The number of aliphatic imine (C=N–C) groups is 1. The Bertz CT molecular complexity index is 1240. The van der Waals surface area contributed by atoms with Gasteiger partial charge in [0.25, 0.3) is 0 Å². The second kappa shape index (κ2) is 8.90. The van der Waals surface area contributed by atoms with Gasteiger partial charge in [-0.05, 0) is 69.1 Å². The van der Waals surface area contributed by atoms with Gasteiger partial charge < -0.3 is 5.32 Å². The highest BCUT2D eigenvalue weighted by molar-refractivity contribution is 14.1. The summed E-state index contributed by atoms with van der Waals surface area (Å²) in [6, 6.07) is 38.1. The van der Waals surface area contributed by atoms with Gasteiger partial charge in [-0.15, -0.1) is 0 Å². The van der Waals surface area contributed by atoms with Crippen molar-refractivity contribution in [1.29, 1.82) is 0 Å². The first kappa shape index (κ1) is 19.8. The molecule has 150 valence electrons. The minimum absolute atomic E-state index is 0.0328. The lowest BCUT2D eigenvalue weighted by atomic mass is 9.99. The van der Waals surface area contributed by atoms with Crippen LogP contribution in [0.5, 0.6) is 0 Å². The van der Waals surface area contributed by atoms with Crippen molar-refractivity contribution < 1.29 is 0 Å². The van der Waals surface area contributed by atoms with Crippen molar-refractivity contribution in [2.75, 3.05) is 0 Å². The van der Waals surface area contributed by atoms with Crippen molar-refractivity contribution in [3.63, 3.8) is 0 Å². The molecule has 1 unspecified atom stereocenters. The molecule has 4 aromatic rings. The smallest absolute Gasteiger partial charge is 0.133 e. The Morgan fingerprint density at radius 3 is 2.00 bits per heavy atom. The Morgan fingerprint density at radius 2 is 1.26 bits per heavy atom. The molecule has 31 heavy (non-hydrogen) atoms. The largest absolute Gasteiger partial charge is 0.340 e. The van der Waals surface area contributed by atoms with Crippen LogP contribution < -0.4 is 5.32 Å². The molecule has 0 fully saturated rings. The fraction of sp³-hybridized carbons (Fsp3) is 0.0357. The van der Waals surface area contributed by atoms with E-state index in [4.69, 9.17) is 4.99 Å². The maximum Gasteiger partial charge on any atom is 0.133 e. The highest BCUT2D eigenvalue weighted by Crippen LogP contribution is 2.29. The van der Waals surface area contributed by atoms with E-state index in [0.717, 1.165) is 22.7 Å². The summed E-state index contributed by atoms with van der Waals surface area (Å²) in [5.41, 5.74) is 6.90. The van der Waals surface area contributed by atoms with Crippen LogP contribution in [0.25, 0.3) is 16.8 Å². The molecule has 0 aliphatic carbocycles. The first-order valence-corrected chi connectivity index (χ1v) is 11.4. The van der Waals surface area contributed by atoms with E-state index < -0.39 is 0 Å². The Balaban J connectivity index is 1.56. The van der Waals surface area contributed by atoms with Crippen LogP contribution >= 0.6 is 22.6 Å². The highest BCUT2D eigenvalue weighted by atomic mass is 127. The summed E-state index contributed by atoms with van der Waals surface area (Å²) >= 11 is 2.34. The van der Waals surface area contributed by atoms with E-state index in [-0.39, 0.29) is 6.04 Å². The van der Waals surface area contributed by atoms with Crippen LogP contribution in [-0.2, 0) is 0 Å². The third-order valence-corrected chi connectivity index (χ3v) is 6.10. The van der Waals surface area contributed by atoms with Gasteiger partial charge in [-0.1, -0.05) is 91.0 Å². The van der Waals surface area contributed by atoms with Gasteiger partial charge in [-0.25, -0.2) is 0 Å². The van der Waals surface area contributed by atoms with Gasteiger partial charge in [0.15, 0.2) is 0 Å². The zero-order valence-corrected chi connectivity index (χ0v) is 19.0. The van der Waals surface area contributed by atoms with Gasteiger partial charge in [0.05, 0.1) is 6.04 Å². The minimum atomic E-state index is -0.0328. The van der Waals surface area contributed by atoms with Gasteiger partial charge in [0.2, 0.25) is 0 Å². The quantitative estimate of drug-likeness (QED) is 0.290. The van der Waals surface area contributed by atoms with E-state index in [0.29, 0.717) is 0 Å². The SMILES string of the molecule is Ic1ccc(-c2cccc(C3=NC(c4ccccc4)C=C(c4ccccc4)N3)c2)cc1. The zero-order valence-electron chi connectivity index (χ0n) is 16.9. The van der Waals surface area contributed by atoms with Crippen LogP contribution in [0.4, 0.5) is 0 Å². The Kier molecular flexibility index (Phi) is 5.67. The molecule has 0 saturated carbocycles. The Labute approximate surface area is 196 Å². The van der Waals surface area contributed by atoms with Gasteiger partial charge in [0, 0.05) is 14.8 Å². The van der Waals surface area contributed by atoms with Gasteiger partial charge in [-0.3, -0.25) is 4.99 Å². The summed E-state index contributed by atoms with van der Waals surface area (Å²) in [7, 11) is 0. The molecule has 3 heteroatoms. The van der Waals surface area contributed by atoms with Crippen molar-refractivity contribution in [2.24, 2.45) is 4.99 Å². The van der Waals surface area contributed by atoms with E-state index in [1.165, 1.54) is 20.3 Å². The maximum atomic E-state index is 5.07. The van der Waals surface area contributed by atoms with E-state index in [1.54, 1.807) is 0 Å². The van der Waals surface area contributed by atoms with Crippen molar-refractivity contribution in [1.82, 2.24) is 5.32 Å². The molecule has 0 amide bonds. The van der Waals surface area contributed by atoms with E-state index in [1.807, 2.05) is 12.1 Å². The van der Waals surface area contributed by atoms with E-state index in [2.05, 4.69) is 131 Å². The summed E-state index contributed by atoms with van der Waals surface area (Å²) in [6.07, 6.45) is 2.21. The van der Waals surface area contributed by atoms with Gasteiger partial charge in [0.1, 0.15) is 5.84 Å². The van der Waals surface area contributed by atoms with Crippen LogP contribution in [0, 0.1) is 3.57 Å². The number of hydrogen-bond acceptors (Lipinski definition) is 2. The lowest BCUT2D eigenvalue weighted by Gasteiger charge is -2.23. The fourth-order valence-electron chi connectivity index (χ4n) is 3.78. The molecule has 2 nitrogen and oxygen atoms in total. The molecular weight excluding hydrogens is 491 g/mol. The molecule has 0 saturated heterocycles. The molecular formula is C28H21IN2. The standard InChI is InChI=1S/C28H21IN2/c29-25-16-14-20(15-17-25)23-12-7-13-24(18-23)28-30-26(21-8-3-1-4-9-21)19-27(31-28)22-10-5-2-6-11-22/h1-19,26H,(H,30,31). The summed E-state index contributed by atoms with van der Waals surface area (Å²) in [5, 5.41) is 3.58. The van der Waals surface area contributed by atoms with Crippen molar-refractivity contribution in [3.8, 4) is 11.1 Å². The minimum Gasteiger partial charge on any atom is -0.340 e. The predicted octanol–water partition coefficient (Wildman–Crippen LogP) is 7.09. The number of benzene rings is 4. The Morgan fingerprint density at radius 1 is 0.613 bits per heavy atom. The molecule has 1 N–H and O–H groups in total. The lowest BCUT2D eigenvalue weighted by molar-refractivity contribution is 0.880. The predicted molar refractivity (Wildman–Crippen MR) is 138 cm³/mol. The normalized spacial score (nSPS) is 15.6. The number of rotatable bonds is 4. The van der Waals surface area contributed by atoms with Crippen molar-refractivity contribution in [2.45, 2.75) is 6.04 Å². The maximum absolute atomic E-state index is 5.07. The first-order valence-electron chi connectivity index (χ1n) is 10.3. The van der Waals surface area contributed by atoms with Crippen LogP contribution in [0.15, 0.2) is 120 Å². The summed E-state index contributed by atoms with van der Waals surface area (Å²) in [6.45, 7) is 0. The van der Waals surface area contributed by atoms with Gasteiger partial charge in [-0.2, -0.15) is 0 Å². The number of amidine groups is 1. The van der Waals surface area contributed by atoms with Crippen LogP contribution in [0.1, 0.15) is 22.7 Å². The van der Waals surface area contributed by atoms with E-state index in [9.17, 15) is 0 Å². The van der Waals surface area contributed by atoms with Crippen LogP contribution in [0.3, 0.4) is 0 Å². The Hall–Kier alpha value is -3.18. The van der Waals surface area contributed by atoms with Crippen LogP contribution in [-0.4, -0.2) is 5.84 Å². The van der Waals surface area contributed by atoms with Crippen LogP contribution in [0.2, 0.25) is 0 Å². The molecule has 4 aromatic carbocycles. The molecule has 0 bridgehead atoms. The molecule has 1 aliphatic rings. The van der Waals surface area contributed by atoms with Gasteiger partial charge >= 0.3 is 0 Å². The number of nitrogens with one attached hydrogen (secondary N) is 1.